The topological polar surface area (TPSA) is 66.6 Å². The van der Waals surface area contributed by atoms with Crippen molar-refractivity contribution >= 4 is 29.3 Å². The van der Waals surface area contributed by atoms with Crippen molar-refractivity contribution in [1.82, 2.24) is 10.7 Å². The molecule has 6 heteroatoms. The first kappa shape index (κ1) is 10.4. The molecule has 0 aromatic carbocycles. The van der Waals surface area contributed by atoms with Gasteiger partial charge in [-0.15, -0.1) is 0 Å². The number of nitrogens with one attached hydrogen (secondary N) is 2. The summed E-state index contributed by atoms with van der Waals surface area (Å²) >= 11 is 4.74. The van der Waals surface area contributed by atoms with E-state index in [0.717, 1.165) is 6.21 Å². The maximum Gasteiger partial charge on any atom is 0.240 e. The molecular weight excluding hydrogens is 202 g/mol. The van der Waals surface area contributed by atoms with Crippen molar-refractivity contribution in [2.45, 2.75) is 0 Å². The number of nitrogens with zero attached hydrogens (tertiary/aromatic N) is 1. The Bertz CT molecular complexity index is 345. The van der Waals surface area contributed by atoms with E-state index in [4.69, 9.17) is 16.6 Å². The molecule has 0 saturated carbocycles. The first-order chi connectivity index (χ1) is 6.74. The van der Waals surface area contributed by atoms with Crippen LogP contribution in [0.15, 0.2) is 27.9 Å². The Morgan fingerprint density at radius 2 is 2.50 bits per heavy atom. The second-order valence-electron chi connectivity index (χ2n) is 2.29. The third-order valence-corrected chi connectivity index (χ3v) is 1.63. The Morgan fingerprint density at radius 3 is 3.07 bits per heavy atom. The molecule has 0 spiro atoms. The molecule has 1 heterocycles. The van der Waals surface area contributed by atoms with Crippen LogP contribution in [0, 0.1) is 0 Å². The molecule has 14 heavy (non-hydrogen) atoms. The number of carbonyl (C=O) groups excluding carboxylic acids is 1. The minimum absolute atomic E-state index is 0.242. The Labute approximate surface area is 86.2 Å². The van der Waals surface area contributed by atoms with Crippen LogP contribution in [0.4, 0.5) is 0 Å². The Kier molecular flexibility index (Phi) is 3.81. The minimum atomic E-state index is -0.318. The third kappa shape index (κ3) is 2.98. The molecule has 0 bridgehead atoms. The zero-order chi connectivity index (χ0) is 10.4. The first-order valence-electron chi connectivity index (χ1n) is 3.82. The maximum absolute atomic E-state index is 11.2. The Hall–Kier alpha value is -1.69. The van der Waals surface area contributed by atoms with Gasteiger partial charge in [-0.3, -0.25) is 10.2 Å². The van der Waals surface area contributed by atoms with Gasteiger partial charge in [0.15, 0.2) is 10.9 Å². The number of thiocarbonyl (C=S) groups is 1. The number of rotatable bonds is 3. The molecule has 1 aromatic heterocycles. The van der Waals surface area contributed by atoms with Gasteiger partial charge >= 0.3 is 0 Å². The average Bonchev–Trinajstić information content (AvgIpc) is 2.70. The summed E-state index contributed by atoms with van der Waals surface area (Å²) in [4.78, 5) is 11.2. The van der Waals surface area contributed by atoms with Crippen molar-refractivity contribution in [2.24, 2.45) is 5.10 Å². The van der Waals surface area contributed by atoms with Gasteiger partial charge in [0.1, 0.15) is 0 Å². The molecule has 0 aliphatic heterocycles. The fraction of sp³-hybridized carbons (Fsp3) is 0.125. The van der Waals surface area contributed by atoms with E-state index in [9.17, 15) is 4.79 Å². The van der Waals surface area contributed by atoms with Crippen LogP contribution in [0.3, 0.4) is 0 Å². The molecular formula is C8H9N3O2S. The summed E-state index contributed by atoms with van der Waals surface area (Å²) in [5, 5.41) is 6.60. The number of carbonyl (C=O) groups is 1. The molecule has 2 N–H and O–H groups in total. The van der Waals surface area contributed by atoms with Gasteiger partial charge in [0.05, 0.1) is 12.5 Å². The number of hydrogen-bond donors (Lipinski definition) is 2. The van der Waals surface area contributed by atoms with Crippen molar-refractivity contribution in [3.05, 3.63) is 24.2 Å². The standard InChI is InChI=1S/C8H9N3O2S/c1-9-8(14)11-10-5-6(12)7-3-2-4-13-7/h2-5H,1H3,(H2,9,11,14). The molecule has 0 radical (unpaired) electrons. The SMILES string of the molecule is CNC(=S)NN=CC(=O)c1ccco1. The smallest absolute Gasteiger partial charge is 0.240 e. The van der Waals surface area contributed by atoms with E-state index < -0.39 is 0 Å². The lowest BCUT2D eigenvalue weighted by Gasteiger charge is -1.98. The molecule has 0 unspecified atom stereocenters. The normalized spacial score (nSPS) is 10.1. The van der Waals surface area contributed by atoms with Crippen molar-refractivity contribution in [3.8, 4) is 0 Å². The second kappa shape index (κ2) is 5.13. The number of furan rings is 1. The van der Waals surface area contributed by atoms with Crippen LogP contribution < -0.4 is 10.7 Å². The average molecular weight is 211 g/mol. The molecule has 5 nitrogen and oxygen atoms in total. The number of ketones is 1. The summed E-state index contributed by atoms with van der Waals surface area (Å²) in [6, 6.07) is 3.19. The van der Waals surface area contributed by atoms with Gasteiger partial charge in [0.25, 0.3) is 0 Å². The number of Topliss-reactive ketones (excluding diaryl/α,β-unsaturated/α-hetero) is 1. The summed E-state index contributed by atoms with van der Waals surface area (Å²) in [6.45, 7) is 0. The van der Waals surface area contributed by atoms with Gasteiger partial charge in [-0.2, -0.15) is 5.10 Å². The van der Waals surface area contributed by atoms with Crippen LogP contribution in [-0.4, -0.2) is 24.2 Å². The van der Waals surface area contributed by atoms with Gasteiger partial charge in [0.2, 0.25) is 5.78 Å². The minimum Gasteiger partial charge on any atom is -0.461 e. The van der Waals surface area contributed by atoms with Crippen molar-refractivity contribution in [2.75, 3.05) is 7.05 Å². The molecule has 0 amide bonds. The summed E-state index contributed by atoms with van der Waals surface area (Å²) in [5.74, 6) is -0.0765. The number of hydrogen-bond acceptors (Lipinski definition) is 4. The van der Waals surface area contributed by atoms with Crippen LogP contribution in [0.5, 0.6) is 0 Å². The highest BCUT2D eigenvalue weighted by Crippen LogP contribution is 1.98. The van der Waals surface area contributed by atoms with Crippen LogP contribution in [0.2, 0.25) is 0 Å². The lowest BCUT2D eigenvalue weighted by atomic mass is 10.3. The fourth-order valence-electron chi connectivity index (χ4n) is 0.688. The second-order valence-corrected chi connectivity index (χ2v) is 2.70. The van der Waals surface area contributed by atoms with E-state index in [1.54, 1.807) is 19.2 Å². The van der Waals surface area contributed by atoms with Gasteiger partial charge < -0.3 is 9.73 Å². The molecule has 0 aliphatic carbocycles. The monoisotopic (exact) mass is 211 g/mol. The highest BCUT2D eigenvalue weighted by atomic mass is 32.1. The lowest BCUT2D eigenvalue weighted by Crippen LogP contribution is -2.28. The van der Waals surface area contributed by atoms with Gasteiger partial charge in [0, 0.05) is 7.05 Å². The highest BCUT2D eigenvalue weighted by molar-refractivity contribution is 7.80. The van der Waals surface area contributed by atoms with Gasteiger partial charge in [-0.25, -0.2) is 0 Å². The van der Waals surface area contributed by atoms with E-state index in [1.807, 2.05) is 0 Å². The highest BCUT2D eigenvalue weighted by Gasteiger charge is 2.04. The van der Waals surface area contributed by atoms with Gasteiger partial charge in [-0.05, 0) is 24.4 Å². The lowest BCUT2D eigenvalue weighted by molar-refractivity contribution is 0.104. The predicted octanol–water partition coefficient (Wildman–Crippen LogP) is 0.542. The van der Waals surface area contributed by atoms with Crippen molar-refractivity contribution in [3.63, 3.8) is 0 Å². The first-order valence-corrected chi connectivity index (χ1v) is 4.23. The molecule has 74 valence electrons. The predicted molar refractivity (Wildman–Crippen MR) is 56.3 cm³/mol. The zero-order valence-electron chi connectivity index (χ0n) is 7.48. The van der Waals surface area contributed by atoms with E-state index in [0.29, 0.717) is 5.11 Å². The quantitative estimate of drug-likeness (QED) is 0.330. The van der Waals surface area contributed by atoms with Crippen molar-refractivity contribution in [1.29, 1.82) is 0 Å². The molecule has 0 atom stereocenters. The van der Waals surface area contributed by atoms with Crippen LogP contribution in [0.1, 0.15) is 10.6 Å². The number of hydrazone groups is 1. The fourth-order valence-corrected chi connectivity index (χ4v) is 0.741. The molecule has 0 aliphatic rings. The third-order valence-electron chi connectivity index (χ3n) is 1.34. The van der Waals surface area contributed by atoms with Gasteiger partial charge in [-0.1, -0.05) is 0 Å². The molecule has 0 fully saturated rings. The molecule has 1 aromatic rings. The van der Waals surface area contributed by atoms with E-state index >= 15 is 0 Å². The zero-order valence-corrected chi connectivity index (χ0v) is 8.30. The Balaban J connectivity index is 2.45. The van der Waals surface area contributed by atoms with E-state index in [-0.39, 0.29) is 11.5 Å². The van der Waals surface area contributed by atoms with Crippen LogP contribution in [0.25, 0.3) is 0 Å². The maximum atomic E-state index is 11.2. The van der Waals surface area contributed by atoms with Crippen LogP contribution in [-0.2, 0) is 0 Å². The van der Waals surface area contributed by atoms with Crippen LogP contribution >= 0.6 is 12.2 Å². The molecule has 1 rings (SSSR count). The largest absolute Gasteiger partial charge is 0.461 e. The van der Waals surface area contributed by atoms with Crippen molar-refractivity contribution < 1.29 is 9.21 Å². The summed E-state index contributed by atoms with van der Waals surface area (Å²) in [5.41, 5.74) is 2.45. The summed E-state index contributed by atoms with van der Waals surface area (Å²) < 4.78 is 4.86. The molecule has 0 saturated heterocycles. The Morgan fingerprint density at radius 1 is 1.71 bits per heavy atom. The van der Waals surface area contributed by atoms with E-state index in [1.165, 1.54) is 6.26 Å². The summed E-state index contributed by atoms with van der Waals surface area (Å²) in [6.07, 6.45) is 2.52. The van der Waals surface area contributed by atoms with E-state index in [2.05, 4.69) is 15.8 Å². The summed E-state index contributed by atoms with van der Waals surface area (Å²) in [7, 11) is 1.65.